The molecule has 1 amide bonds. The summed E-state index contributed by atoms with van der Waals surface area (Å²) < 4.78 is 12.1. The van der Waals surface area contributed by atoms with E-state index in [2.05, 4.69) is 17.4 Å². The molecule has 0 saturated heterocycles. The van der Waals surface area contributed by atoms with E-state index in [0.29, 0.717) is 40.9 Å². The Bertz CT molecular complexity index is 1410. The molecule has 3 aromatic rings. The molecule has 2 bridgehead atoms. The molecule has 5 atom stereocenters. The third kappa shape index (κ3) is 4.45. The maximum Gasteiger partial charge on any atom is 0.338 e. The van der Waals surface area contributed by atoms with Gasteiger partial charge in [0.25, 0.3) is 0 Å². The zero-order valence-electron chi connectivity index (χ0n) is 21.3. The first-order valence-electron chi connectivity index (χ1n) is 13.1. The number of nitrogens with zero attached hydrogens (tertiary/aromatic N) is 1. The first-order chi connectivity index (χ1) is 18.5. The number of carbonyl (C=O) groups excluding carboxylic acids is 2. The highest BCUT2D eigenvalue weighted by Crippen LogP contribution is 2.64. The Morgan fingerprint density at radius 1 is 1.05 bits per heavy atom. The Balaban J connectivity index is 1.27. The maximum atomic E-state index is 13.3. The van der Waals surface area contributed by atoms with Gasteiger partial charge in [-0.1, -0.05) is 23.5 Å². The molecule has 1 N–H and O–H groups in total. The van der Waals surface area contributed by atoms with E-state index in [1.807, 2.05) is 23.9 Å². The molecule has 38 heavy (non-hydrogen) atoms. The van der Waals surface area contributed by atoms with E-state index in [9.17, 15) is 14.4 Å². The van der Waals surface area contributed by atoms with Gasteiger partial charge in [-0.3, -0.25) is 14.2 Å². The van der Waals surface area contributed by atoms with Crippen LogP contribution < -0.4 is 14.9 Å². The molecule has 0 radical (unpaired) electrons. The van der Waals surface area contributed by atoms with E-state index in [-0.39, 0.29) is 23.2 Å². The molecule has 2 fully saturated rings. The number of rotatable bonds is 7. The standard InChI is InChI=1S/C29H30N2O5S2/c1-3-36-28(33)17-6-10-20(11-7-17)30-22(32)15-31-27-26(38-29(31)34)23(16-8-12-21(35-2)13-9-16)24-18-4-5-19(14-18)25(24)37-27/h6-13,18-19,23-25H,3-5,14-15H2,1-2H3,(H,30,32). The number of nitrogens with one attached hydrogen (secondary N) is 1. The Morgan fingerprint density at radius 2 is 1.79 bits per heavy atom. The van der Waals surface area contributed by atoms with Gasteiger partial charge in [0.05, 0.1) is 24.3 Å². The number of amides is 1. The van der Waals surface area contributed by atoms with Crippen molar-refractivity contribution >= 4 is 40.7 Å². The second-order valence-corrected chi connectivity index (χ2v) is 12.4. The number of ether oxygens (including phenoxy) is 2. The largest absolute Gasteiger partial charge is 0.497 e. The van der Waals surface area contributed by atoms with Crippen LogP contribution in [0.25, 0.3) is 0 Å². The number of methoxy groups -OCH3 is 1. The molecule has 2 saturated carbocycles. The quantitative estimate of drug-likeness (QED) is 0.397. The molecule has 5 unspecified atom stereocenters. The van der Waals surface area contributed by atoms with Crippen LogP contribution in [-0.2, 0) is 16.1 Å². The minimum atomic E-state index is -0.399. The van der Waals surface area contributed by atoms with Crippen LogP contribution in [0.5, 0.6) is 5.75 Å². The Morgan fingerprint density at radius 3 is 2.50 bits per heavy atom. The molecule has 0 spiro atoms. The monoisotopic (exact) mass is 550 g/mol. The van der Waals surface area contributed by atoms with Crippen LogP contribution in [0.1, 0.15) is 52.9 Å². The summed E-state index contributed by atoms with van der Waals surface area (Å²) in [7, 11) is 1.67. The Labute approximate surface area is 229 Å². The van der Waals surface area contributed by atoms with Crippen LogP contribution in [0.2, 0.25) is 0 Å². The zero-order chi connectivity index (χ0) is 26.4. The highest BCUT2D eigenvalue weighted by atomic mass is 32.2. The predicted octanol–water partition coefficient (Wildman–Crippen LogP) is 5.39. The molecular weight excluding hydrogens is 520 g/mol. The minimum Gasteiger partial charge on any atom is -0.497 e. The van der Waals surface area contributed by atoms with Crippen LogP contribution in [0.4, 0.5) is 5.69 Å². The fourth-order valence-corrected chi connectivity index (χ4v) is 9.67. The summed E-state index contributed by atoms with van der Waals surface area (Å²) in [4.78, 5) is 39.2. The first kappa shape index (κ1) is 25.2. The lowest BCUT2D eigenvalue weighted by Crippen LogP contribution is -2.34. The van der Waals surface area contributed by atoms with Crippen molar-refractivity contribution in [3.63, 3.8) is 0 Å². The smallest absolute Gasteiger partial charge is 0.338 e. The molecule has 2 aliphatic carbocycles. The van der Waals surface area contributed by atoms with Gasteiger partial charge in [0, 0.05) is 21.7 Å². The molecule has 9 heteroatoms. The highest BCUT2D eigenvalue weighted by Gasteiger charge is 2.55. The molecule has 198 valence electrons. The third-order valence-corrected chi connectivity index (χ3v) is 11.0. The van der Waals surface area contributed by atoms with Crippen LogP contribution in [-0.4, -0.2) is 35.4 Å². The number of hydrogen-bond donors (Lipinski definition) is 1. The van der Waals surface area contributed by atoms with Crippen molar-refractivity contribution in [3.8, 4) is 5.75 Å². The van der Waals surface area contributed by atoms with Gasteiger partial charge in [0.15, 0.2) is 0 Å². The van der Waals surface area contributed by atoms with Crippen molar-refractivity contribution in [1.29, 1.82) is 0 Å². The Hall–Kier alpha value is -3.04. The summed E-state index contributed by atoms with van der Waals surface area (Å²) in [5, 5.41) is 4.28. The minimum absolute atomic E-state index is 0.0435. The Kier molecular flexibility index (Phi) is 6.82. The van der Waals surface area contributed by atoms with Gasteiger partial charge in [-0.2, -0.15) is 0 Å². The number of anilines is 1. The van der Waals surface area contributed by atoms with Crippen LogP contribution >= 0.6 is 23.1 Å². The summed E-state index contributed by atoms with van der Waals surface area (Å²) >= 11 is 3.11. The molecule has 7 nitrogen and oxygen atoms in total. The molecule has 6 rings (SSSR count). The lowest BCUT2D eigenvalue weighted by Gasteiger charge is -2.40. The molecule has 2 heterocycles. The van der Waals surface area contributed by atoms with Gasteiger partial charge < -0.3 is 14.8 Å². The van der Waals surface area contributed by atoms with Crippen molar-refractivity contribution < 1.29 is 19.1 Å². The van der Waals surface area contributed by atoms with Crippen molar-refractivity contribution in [2.45, 2.75) is 48.9 Å². The summed E-state index contributed by atoms with van der Waals surface area (Å²) in [6, 6.07) is 14.8. The highest BCUT2D eigenvalue weighted by molar-refractivity contribution is 8.00. The normalized spacial score (nSPS) is 24.9. The van der Waals surface area contributed by atoms with Gasteiger partial charge in [-0.05, 0) is 85.9 Å². The predicted molar refractivity (Wildman–Crippen MR) is 148 cm³/mol. The SMILES string of the molecule is CCOC(=O)c1ccc(NC(=O)Cn2c3c(sc2=O)C(c2ccc(OC)cc2)C2C4CCC(C4)C2S3)cc1. The molecule has 2 aromatic carbocycles. The average molecular weight is 551 g/mol. The van der Waals surface area contributed by atoms with Gasteiger partial charge in [0.2, 0.25) is 5.91 Å². The van der Waals surface area contributed by atoms with Gasteiger partial charge >= 0.3 is 10.8 Å². The van der Waals surface area contributed by atoms with Gasteiger partial charge in [-0.15, -0.1) is 11.8 Å². The van der Waals surface area contributed by atoms with E-state index in [1.165, 1.54) is 36.2 Å². The number of thiazole rings is 1. The van der Waals surface area contributed by atoms with Gasteiger partial charge in [-0.25, -0.2) is 4.79 Å². The number of fused-ring (bicyclic) bond motifs is 6. The lowest BCUT2D eigenvalue weighted by molar-refractivity contribution is -0.116. The van der Waals surface area contributed by atoms with Crippen molar-refractivity contribution in [2.75, 3.05) is 19.0 Å². The van der Waals surface area contributed by atoms with Crippen LogP contribution in [0.15, 0.2) is 58.4 Å². The van der Waals surface area contributed by atoms with Crippen molar-refractivity contribution in [3.05, 3.63) is 74.2 Å². The van der Waals surface area contributed by atoms with E-state index >= 15 is 0 Å². The number of esters is 1. The van der Waals surface area contributed by atoms with Crippen molar-refractivity contribution in [2.24, 2.45) is 17.8 Å². The third-order valence-electron chi connectivity index (χ3n) is 8.15. The van der Waals surface area contributed by atoms with Gasteiger partial charge in [0.1, 0.15) is 12.3 Å². The summed E-state index contributed by atoms with van der Waals surface area (Å²) in [6.45, 7) is 2.02. The molecule has 3 aliphatic rings. The number of thioether (sulfide) groups is 1. The topological polar surface area (TPSA) is 86.6 Å². The zero-order valence-corrected chi connectivity index (χ0v) is 23.0. The van der Waals surface area contributed by atoms with Crippen LogP contribution in [0, 0.1) is 17.8 Å². The fraction of sp³-hybridized carbons (Fsp3) is 0.414. The number of aromatic nitrogens is 1. The molecule has 1 aromatic heterocycles. The average Bonchev–Trinajstić information content (AvgIpc) is 3.62. The summed E-state index contributed by atoms with van der Waals surface area (Å²) in [5.74, 6) is 2.18. The number of benzene rings is 2. The lowest BCUT2D eigenvalue weighted by atomic mass is 9.75. The van der Waals surface area contributed by atoms with Crippen LogP contribution in [0.3, 0.4) is 0 Å². The molecule has 1 aliphatic heterocycles. The summed E-state index contributed by atoms with van der Waals surface area (Å²) in [6.07, 6.45) is 3.78. The number of carbonyl (C=O) groups is 2. The summed E-state index contributed by atoms with van der Waals surface area (Å²) in [5.41, 5.74) is 2.21. The second-order valence-electron chi connectivity index (χ2n) is 10.2. The van der Waals surface area contributed by atoms with E-state index < -0.39 is 5.97 Å². The van der Waals surface area contributed by atoms with Crippen molar-refractivity contribution in [1.82, 2.24) is 4.57 Å². The van der Waals surface area contributed by atoms with E-state index in [0.717, 1.165) is 15.7 Å². The van der Waals surface area contributed by atoms with E-state index in [4.69, 9.17) is 9.47 Å². The first-order valence-corrected chi connectivity index (χ1v) is 14.8. The fourth-order valence-electron chi connectivity index (χ4n) is 6.52. The molecular formula is C29H30N2O5S2. The maximum absolute atomic E-state index is 13.3. The number of hydrogen-bond acceptors (Lipinski definition) is 7. The van der Waals surface area contributed by atoms with E-state index in [1.54, 1.807) is 42.9 Å². The second kappa shape index (κ2) is 10.3.